The molecule has 0 amide bonds. The normalized spacial score (nSPS) is 14.4. The van der Waals surface area contributed by atoms with Crippen molar-refractivity contribution in [2.24, 2.45) is 0 Å². The molecule has 4 N–H and O–H groups in total. The van der Waals surface area contributed by atoms with Crippen LogP contribution in [0.2, 0.25) is 0 Å². The maximum atomic E-state index is 11.9. The Balaban J connectivity index is 1.82. The van der Waals surface area contributed by atoms with E-state index in [4.69, 9.17) is 4.74 Å². The molecule has 5 heteroatoms. The first-order valence-corrected chi connectivity index (χ1v) is 17.6. The second kappa shape index (κ2) is 13.1. The minimum absolute atomic E-state index is 0.150. The van der Waals surface area contributed by atoms with Crippen LogP contribution < -0.4 is 0 Å². The summed E-state index contributed by atoms with van der Waals surface area (Å²) in [6, 6.07) is 16.3. The van der Waals surface area contributed by atoms with Crippen molar-refractivity contribution < 1.29 is 25.2 Å². The zero-order chi connectivity index (χ0) is 36.2. The highest BCUT2D eigenvalue weighted by atomic mass is 16.5. The SMILES string of the molecule is CC(C)c1cc2c(O)c(c1)Cc1cc(C(C)(C)C)cc(c1O)Cc1cc(C(C)(C)C)cc(c1O)Cc1cc(C(C)(C)C)cc(c1O)COC2. The lowest BCUT2D eigenvalue weighted by Gasteiger charge is -2.26. The molecule has 0 saturated carbocycles. The van der Waals surface area contributed by atoms with Crippen molar-refractivity contribution in [2.45, 2.75) is 131 Å². The predicted octanol–water partition coefficient (Wildman–Crippen LogP) is 10.3. The fourth-order valence-corrected chi connectivity index (χ4v) is 6.61. The minimum atomic E-state index is -0.209. The average molecular weight is 665 g/mol. The molecule has 262 valence electrons. The second-order valence-corrected chi connectivity index (χ2v) is 17.5. The first-order chi connectivity index (χ1) is 22.6. The van der Waals surface area contributed by atoms with E-state index in [0.717, 1.165) is 50.1 Å². The zero-order valence-corrected chi connectivity index (χ0v) is 31.4. The molecule has 0 aromatic heterocycles. The Morgan fingerprint density at radius 3 is 0.980 bits per heavy atom. The number of fused-ring (bicyclic) bond motifs is 8. The molecule has 0 spiro atoms. The summed E-state index contributed by atoms with van der Waals surface area (Å²) in [4.78, 5) is 0. The smallest absolute Gasteiger partial charge is 0.124 e. The van der Waals surface area contributed by atoms with Gasteiger partial charge in [-0.2, -0.15) is 0 Å². The third kappa shape index (κ3) is 7.78. The van der Waals surface area contributed by atoms with E-state index >= 15 is 0 Å². The Labute approximate surface area is 293 Å². The maximum Gasteiger partial charge on any atom is 0.124 e. The van der Waals surface area contributed by atoms with E-state index in [9.17, 15) is 20.4 Å². The van der Waals surface area contributed by atoms with Gasteiger partial charge in [-0.1, -0.05) is 113 Å². The molecular formula is C44H56O5. The van der Waals surface area contributed by atoms with Crippen LogP contribution in [0, 0.1) is 0 Å². The molecule has 0 fully saturated rings. The van der Waals surface area contributed by atoms with Crippen LogP contribution in [-0.2, 0) is 53.5 Å². The maximum absolute atomic E-state index is 11.9. The quantitative estimate of drug-likeness (QED) is 0.163. The van der Waals surface area contributed by atoms with Crippen molar-refractivity contribution in [3.63, 3.8) is 0 Å². The van der Waals surface area contributed by atoms with Crippen LogP contribution in [0.15, 0.2) is 48.5 Å². The second-order valence-electron chi connectivity index (χ2n) is 17.5. The first kappa shape index (κ1) is 36.3. The molecule has 4 aromatic carbocycles. The minimum Gasteiger partial charge on any atom is -0.507 e. The van der Waals surface area contributed by atoms with Gasteiger partial charge in [0.1, 0.15) is 23.0 Å². The van der Waals surface area contributed by atoms with Gasteiger partial charge in [-0.15, -0.1) is 0 Å². The Morgan fingerprint density at radius 1 is 0.429 bits per heavy atom. The van der Waals surface area contributed by atoms with E-state index in [2.05, 4.69) is 94.4 Å². The van der Waals surface area contributed by atoms with E-state index in [1.54, 1.807) is 0 Å². The van der Waals surface area contributed by atoms with Crippen LogP contribution >= 0.6 is 0 Å². The molecule has 4 aromatic rings. The Kier molecular flexibility index (Phi) is 9.68. The van der Waals surface area contributed by atoms with E-state index in [1.165, 1.54) is 0 Å². The molecule has 0 aliphatic carbocycles. The van der Waals surface area contributed by atoms with Crippen molar-refractivity contribution in [3.05, 3.63) is 115 Å². The van der Waals surface area contributed by atoms with Gasteiger partial charge in [0.25, 0.3) is 0 Å². The lowest BCUT2D eigenvalue weighted by Crippen LogP contribution is -2.15. The lowest BCUT2D eigenvalue weighted by atomic mass is 9.80. The Bertz CT molecular complexity index is 1880. The monoisotopic (exact) mass is 664 g/mol. The van der Waals surface area contributed by atoms with Crippen LogP contribution in [0.4, 0.5) is 0 Å². The molecule has 8 bridgehead atoms. The highest BCUT2D eigenvalue weighted by Gasteiger charge is 2.26. The third-order valence-corrected chi connectivity index (χ3v) is 10.0. The summed E-state index contributed by atoms with van der Waals surface area (Å²) >= 11 is 0. The number of hydrogen-bond acceptors (Lipinski definition) is 5. The highest BCUT2D eigenvalue weighted by molar-refractivity contribution is 5.57. The summed E-state index contributed by atoms with van der Waals surface area (Å²) in [6.07, 6.45) is 0.979. The summed E-state index contributed by atoms with van der Waals surface area (Å²) in [5.74, 6) is 0.854. The van der Waals surface area contributed by atoms with Crippen LogP contribution in [-0.4, -0.2) is 20.4 Å². The molecule has 1 aliphatic rings. The van der Waals surface area contributed by atoms with Crippen LogP contribution in [0.3, 0.4) is 0 Å². The number of phenolic OH excluding ortho intramolecular Hbond substituents is 4. The number of hydrogen-bond donors (Lipinski definition) is 4. The van der Waals surface area contributed by atoms with Gasteiger partial charge in [-0.3, -0.25) is 0 Å². The molecule has 5 rings (SSSR count). The molecule has 1 aliphatic heterocycles. The predicted molar refractivity (Wildman–Crippen MR) is 200 cm³/mol. The summed E-state index contributed by atoms with van der Waals surface area (Å²) in [5, 5.41) is 47.1. The standard InChI is InChI=1S/C44H56O5/c1-25(2)26-12-27-14-28-17-35(42(3,4)5)18-29(38(28)45)15-30-19-36(43(6,7)8)20-31(39(30)46)16-32-21-37(44(9,10)11)22-34(41(32)48)24-49-23-33(13-26)40(27)47/h12-13,17-22,25,45-48H,14-16,23-24H2,1-11H3. The van der Waals surface area contributed by atoms with Gasteiger partial charge in [0.05, 0.1) is 13.2 Å². The average Bonchev–Trinajstić information content (AvgIpc) is 2.97. The van der Waals surface area contributed by atoms with Crippen molar-refractivity contribution in [1.82, 2.24) is 0 Å². The Hall–Kier alpha value is -3.96. The molecule has 1 heterocycles. The largest absolute Gasteiger partial charge is 0.507 e. The lowest BCUT2D eigenvalue weighted by molar-refractivity contribution is 0.103. The van der Waals surface area contributed by atoms with E-state index in [0.29, 0.717) is 36.0 Å². The van der Waals surface area contributed by atoms with Gasteiger partial charge in [-0.25, -0.2) is 0 Å². The summed E-state index contributed by atoms with van der Waals surface area (Å²) in [5.41, 5.74) is 9.33. The topological polar surface area (TPSA) is 90.2 Å². The molecular weight excluding hydrogens is 608 g/mol. The highest BCUT2D eigenvalue weighted by Crippen LogP contribution is 2.41. The van der Waals surface area contributed by atoms with Gasteiger partial charge in [0.2, 0.25) is 0 Å². The van der Waals surface area contributed by atoms with Crippen LogP contribution in [0.1, 0.15) is 149 Å². The Morgan fingerprint density at radius 2 is 0.673 bits per heavy atom. The van der Waals surface area contributed by atoms with Crippen molar-refractivity contribution >= 4 is 0 Å². The molecule has 0 atom stereocenters. The van der Waals surface area contributed by atoms with Gasteiger partial charge >= 0.3 is 0 Å². The molecule has 49 heavy (non-hydrogen) atoms. The zero-order valence-electron chi connectivity index (χ0n) is 31.4. The summed E-state index contributed by atoms with van der Waals surface area (Å²) in [6.45, 7) is 23.9. The van der Waals surface area contributed by atoms with E-state index in [1.807, 2.05) is 30.3 Å². The third-order valence-electron chi connectivity index (χ3n) is 10.0. The summed E-state index contributed by atoms with van der Waals surface area (Å²) in [7, 11) is 0. The number of benzene rings is 4. The van der Waals surface area contributed by atoms with Gasteiger partial charge in [-0.05, 0) is 89.9 Å². The van der Waals surface area contributed by atoms with Crippen LogP contribution in [0.25, 0.3) is 0 Å². The molecule has 5 nitrogen and oxygen atoms in total. The molecule has 0 unspecified atom stereocenters. The number of phenols is 4. The van der Waals surface area contributed by atoms with Gasteiger partial charge in [0, 0.05) is 30.4 Å². The number of aromatic hydroxyl groups is 4. The number of ether oxygens (including phenoxy) is 1. The van der Waals surface area contributed by atoms with Crippen molar-refractivity contribution in [1.29, 1.82) is 0 Å². The molecule has 0 radical (unpaired) electrons. The van der Waals surface area contributed by atoms with Crippen molar-refractivity contribution in [2.75, 3.05) is 0 Å². The fraction of sp³-hybridized carbons (Fsp3) is 0.455. The molecule has 0 saturated heterocycles. The summed E-state index contributed by atoms with van der Waals surface area (Å²) < 4.78 is 6.26. The van der Waals surface area contributed by atoms with Crippen LogP contribution in [0.5, 0.6) is 23.0 Å². The van der Waals surface area contributed by atoms with Gasteiger partial charge in [0.15, 0.2) is 0 Å². The van der Waals surface area contributed by atoms with Crippen molar-refractivity contribution in [3.8, 4) is 23.0 Å². The first-order valence-electron chi connectivity index (χ1n) is 17.6. The van der Waals surface area contributed by atoms with E-state index in [-0.39, 0.29) is 58.4 Å². The van der Waals surface area contributed by atoms with Gasteiger partial charge < -0.3 is 25.2 Å². The number of rotatable bonds is 1. The fourth-order valence-electron chi connectivity index (χ4n) is 6.61. The van der Waals surface area contributed by atoms with E-state index < -0.39 is 0 Å².